The van der Waals surface area contributed by atoms with Crippen LogP contribution in [0.3, 0.4) is 0 Å². The van der Waals surface area contributed by atoms with E-state index in [1.807, 2.05) is 0 Å². The van der Waals surface area contributed by atoms with Gasteiger partial charge in [0.05, 0.1) is 17.2 Å². The average molecular weight is 479 g/mol. The van der Waals surface area contributed by atoms with Crippen molar-refractivity contribution >= 4 is 37.0 Å². The summed E-state index contributed by atoms with van der Waals surface area (Å²) in [6.45, 7) is 1.00. The van der Waals surface area contributed by atoms with E-state index in [4.69, 9.17) is 8.60 Å². The minimum Gasteiger partial charge on any atom is -0.463 e. The molecule has 0 saturated carbocycles. The summed E-state index contributed by atoms with van der Waals surface area (Å²) in [5.41, 5.74) is 1.12. The largest absolute Gasteiger partial charge is 0.463 e. The molecule has 9 nitrogen and oxygen atoms in total. The van der Waals surface area contributed by atoms with Gasteiger partial charge in [-0.3, -0.25) is 9.52 Å². The molecule has 2 heterocycles. The third-order valence-corrected chi connectivity index (χ3v) is 7.13. The summed E-state index contributed by atoms with van der Waals surface area (Å²) in [6.07, 6.45) is 4.93. The summed E-state index contributed by atoms with van der Waals surface area (Å²) in [6, 6.07) is 10.6. The first-order valence-corrected chi connectivity index (χ1v) is 13.2. The lowest BCUT2D eigenvalue weighted by Gasteiger charge is -2.26. The highest BCUT2D eigenvalue weighted by atomic mass is 32.2. The molecule has 0 radical (unpaired) electrons. The predicted octanol–water partition coefficient (Wildman–Crippen LogP) is 2.94. The Labute approximate surface area is 185 Å². The molecule has 1 saturated heterocycles. The molecule has 4 rings (SSSR count). The highest BCUT2D eigenvalue weighted by molar-refractivity contribution is 7.90. The lowest BCUT2D eigenvalue weighted by molar-refractivity contribution is 0.349. The van der Waals surface area contributed by atoms with E-state index < -0.39 is 20.3 Å². The first kappa shape index (κ1) is 22.3. The van der Waals surface area contributed by atoms with Gasteiger partial charge in [-0.2, -0.15) is 21.1 Å². The standard InChI is InChI=1S/C21H22N2O7S2/c1-31(25,26)30-17-9-10-18-20(13-17)29-14-19(21(18)24)15-5-7-16(8-6-15)22-32(27,28)23-11-3-2-4-12-23/h5-10,13-14,22H,2-4,11-12H2,1H3. The number of benzene rings is 2. The van der Waals surface area contributed by atoms with Crippen molar-refractivity contribution in [2.45, 2.75) is 19.3 Å². The van der Waals surface area contributed by atoms with Crippen LogP contribution in [0.1, 0.15) is 19.3 Å². The fourth-order valence-corrected chi connectivity index (χ4v) is 5.33. The van der Waals surface area contributed by atoms with Crippen LogP contribution < -0.4 is 14.3 Å². The predicted molar refractivity (Wildman–Crippen MR) is 121 cm³/mol. The average Bonchev–Trinajstić information content (AvgIpc) is 2.74. The number of fused-ring (bicyclic) bond motifs is 1. The summed E-state index contributed by atoms with van der Waals surface area (Å²) in [5, 5.41) is 0.262. The molecule has 0 bridgehead atoms. The second-order valence-electron chi connectivity index (χ2n) is 7.57. The first-order chi connectivity index (χ1) is 15.1. The Hall–Kier alpha value is -2.89. The Bertz CT molecular complexity index is 1410. The molecule has 0 aliphatic carbocycles. The quantitative estimate of drug-likeness (QED) is 0.540. The molecule has 0 spiro atoms. The second kappa shape index (κ2) is 8.57. The van der Waals surface area contributed by atoms with Gasteiger partial charge in [0.1, 0.15) is 17.6 Å². The van der Waals surface area contributed by atoms with Crippen LogP contribution in [0.4, 0.5) is 5.69 Å². The van der Waals surface area contributed by atoms with E-state index in [1.165, 1.54) is 28.8 Å². The number of nitrogens with zero attached hydrogens (tertiary/aromatic N) is 1. The summed E-state index contributed by atoms with van der Waals surface area (Å²) in [4.78, 5) is 12.9. The number of hydrogen-bond donors (Lipinski definition) is 1. The lowest BCUT2D eigenvalue weighted by atomic mass is 10.1. The van der Waals surface area contributed by atoms with Crippen molar-refractivity contribution in [3.8, 4) is 16.9 Å². The maximum absolute atomic E-state index is 12.9. The molecule has 1 fully saturated rings. The smallest absolute Gasteiger partial charge is 0.306 e. The van der Waals surface area contributed by atoms with Crippen molar-refractivity contribution in [2.75, 3.05) is 24.1 Å². The Morgan fingerprint density at radius 1 is 0.969 bits per heavy atom. The Morgan fingerprint density at radius 2 is 1.66 bits per heavy atom. The van der Waals surface area contributed by atoms with E-state index in [1.54, 1.807) is 24.3 Å². The molecule has 11 heteroatoms. The van der Waals surface area contributed by atoms with Crippen LogP contribution in [0, 0.1) is 0 Å². The van der Waals surface area contributed by atoms with E-state index in [9.17, 15) is 21.6 Å². The van der Waals surface area contributed by atoms with Crippen LogP contribution >= 0.6 is 0 Å². The van der Waals surface area contributed by atoms with Crippen LogP contribution in [0.25, 0.3) is 22.1 Å². The van der Waals surface area contributed by atoms with Crippen LogP contribution in [0.15, 0.2) is 57.9 Å². The molecule has 1 N–H and O–H groups in total. The van der Waals surface area contributed by atoms with Gasteiger partial charge < -0.3 is 8.60 Å². The van der Waals surface area contributed by atoms with Gasteiger partial charge in [-0.25, -0.2) is 0 Å². The molecule has 3 aromatic rings. The van der Waals surface area contributed by atoms with Crippen molar-refractivity contribution < 1.29 is 25.4 Å². The zero-order chi connectivity index (χ0) is 22.9. The van der Waals surface area contributed by atoms with Gasteiger partial charge in [-0.1, -0.05) is 18.6 Å². The minimum atomic E-state index is -3.70. The molecule has 0 unspecified atom stereocenters. The maximum Gasteiger partial charge on any atom is 0.306 e. The lowest BCUT2D eigenvalue weighted by Crippen LogP contribution is -2.39. The molecule has 1 aliphatic rings. The van der Waals surface area contributed by atoms with Crippen molar-refractivity contribution in [1.82, 2.24) is 4.31 Å². The molecular formula is C21H22N2O7S2. The Kier molecular flexibility index (Phi) is 5.97. The zero-order valence-electron chi connectivity index (χ0n) is 17.3. The summed E-state index contributed by atoms with van der Waals surface area (Å²) in [7, 11) is -7.32. The topological polar surface area (TPSA) is 123 Å². The third kappa shape index (κ3) is 4.95. The highest BCUT2D eigenvalue weighted by Gasteiger charge is 2.23. The molecule has 32 heavy (non-hydrogen) atoms. The Balaban J connectivity index is 1.58. The van der Waals surface area contributed by atoms with Crippen LogP contribution in [0.2, 0.25) is 0 Å². The van der Waals surface area contributed by atoms with E-state index in [2.05, 4.69) is 4.72 Å². The number of hydrogen-bond acceptors (Lipinski definition) is 7. The summed E-state index contributed by atoms with van der Waals surface area (Å²) >= 11 is 0. The van der Waals surface area contributed by atoms with Crippen molar-refractivity contribution in [3.05, 3.63) is 59.0 Å². The van der Waals surface area contributed by atoms with Gasteiger partial charge >= 0.3 is 20.3 Å². The first-order valence-electron chi connectivity index (χ1n) is 9.96. The van der Waals surface area contributed by atoms with Crippen LogP contribution in [-0.2, 0) is 20.3 Å². The number of anilines is 1. The molecule has 0 atom stereocenters. The van der Waals surface area contributed by atoms with Crippen LogP contribution in [-0.4, -0.2) is 40.5 Å². The van der Waals surface area contributed by atoms with Gasteiger partial charge in [-0.15, -0.1) is 0 Å². The zero-order valence-corrected chi connectivity index (χ0v) is 18.9. The summed E-state index contributed by atoms with van der Waals surface area (Å²) in [5.74, 6) is 0.0428. The van der Waals surface area contributed by atoms with E-state index in [-0.39, 0.29) is 22.1 Å². The van der Waals surface area contributed by atoms with E-state index in [0.29, 0.717) is 29.9 Å². The fourth-order valence-electron chi connectivity index (χ4n) is 3.57. The molecule has 2 aromatic carbocycles. The van der Waals surface area contributed by atoms with Gasteiger partial charge in [0.25, 0.3) is 0 Å². The van der Waals surface area contributed by atoms with E-state index in [0.717, 1.165) is 25.5 Å². The van der Waals surface area contributed by atoms with Gasteiger partial charge in [-0.05, 0) is 42.7 Å². The van der Waals surface area contributed by atoms with Gasteiger partial charge in [0.2, 0.25) is 0 Å². The normalized spacial score (nSPS) is 15.5. The SMILES string of the molecule is CS(=O)(=O)Oc1ccc2c(=O)c(-c3ccc(NS(=O)(=O)N4CCCCC4)cc3)coc2c1. The highest BCUT2D eigenvalue weighted by Crippen LogP contribution is 2.25. The monoisotopic (exact) mass is 478 g/mol. The number of piperidine rings is 1. The molecule has 0 amide bonds. The second-order valence-corrected chi connectivity index (χ2v) is 10.8. The van der Waals surface area contributed by atoms with Crippen molar-refractivity contribution in [3.63, 3.8) is 0 Å². The van der Waals surface area contributed by atoms with Gasteiger partial charge in [0.15, 0.2) is 5.43 Å². The molecule has 1 aliphatic heterocycles. The fraction of sp³-hybridized carbons (Fsp3) is 0.286. The van der Waals surface area contributed by atoms with E-state index >= 15 is 0 Å². The van der Waals surface area contributed by atoms with Crippen molar-refractivity contribution in [2.24, 2.45) is 0 Å². The summed E-state index contributed by atoms with van der Waals surface area (Å²) < 4.78 is 62.0. The number of nitrogens with one attached hydrogen (secondary N) is 1. The maximum atomic E-state index is 12.9. The minimum absolute atomic E-state index is 0.0428. The third-order valence-electron chi connectivity index (χ3n) is 5.09. The molecule has 170 valence electrons. The van der Waals surface area contributed by atoms with Gasteiger partial charge in [0, 0.05) is 24.8 Å². The molecular weight excluding hydrogens is 456 g/mol. The number of rotatable bonds is 6. The van der Waals surface area contributed by atoms with Crippen molar-refractivity contribution in [1.29, 1.82) is 0 Å². The molecule has 1 aromatic heterocycles. The Morgan fingerprint density at radius 3 is 2.31 bits per heavy atom. The van der Waals surface area contributed by atoms with Crippen LogP contribution in [0.5, 0.6) is 5.75 Å².